The molecule has 0 spiro atoms. The second-order valence-electron chi connectivity index (χ2n) is 31.8. The molecule has 6 heterocycles. The van der Waals surface area contributed by atoms with Gasteiger partial charge < -0.3 is 0 Å². The van der Waals surface area contributed by atoms with Gasteiger partial charge in [0.25, 0.3) is 0 Å². The van der Waals surface area contributed by atoms with Crippen LogP contribution in [0.5, 0.6) is 0 Å². The SMILES string of the molecule is CCCCCCCCCCCCC(CCCCCCCCCC)CCCCn1c(=O)c(-c2ccc(C)[se]2)cc2c1cc(-c1ccc(-c3[se]c(/C=C/c4cc(CCCCCC)c(C)[se]4)cc3CCCCCC)[se]1)c(=O)n2CCCCC(CCCCCCCCCC)CCCCCCCCCCCC. The molecule has 2 unspecified atom stereocenters. The second-order valence-corrected chi connectivity index (χ2v) is 41.7. The minimum absolute atomic E-state index is 0.0185. The number of hydrogen-bond acceptors (Lipinski definition) is 2. The van der Waals surface area contributed by atoms with E-state index in [0.717, 1.165) is 66.1 Å². The third kappa shape index (κ3) is 34.6. The van der Waals surface area contributed by atoms with Crippen molar-refractivity contribution in [2.75, 3.05) is 0 Å². The van der Waals surface area contributed by atoms with Crippen molar-refractivity contribution in [3.05, 3.63) is 98.1 Å². The number of aryl methyl sites for hydroxylation is 6. The van der Waals surface area contributed by atoms with Crippen LogP contribution in [0, 0.1) is 25.7 Å². The summed E-state index contributed by atoms with van der Waals surface area (Å²) in [6.45, 7) is 20.0. The van der Waals surface area contributed by atoms with Gasteiger partial charge in [-0.2, -0.15) is 0 Å². The van der Waals surface area contributed by atoms with Gasteiger partial charge in [-0.1, -0.05) is 207 Å². The van der Waals surface area contributed by atoms with Crippen LogP contribution in [0.2, 0.25) is 0 Å². The molecule has 4 nitrogen and oxygen atoms in total. The Hall–Kier alpha value is -2.10. The Morgan fingerprint density at radius 3 is 0.990 bits per heavy atom. The molecule has 574 valence electrons. The van der Waals surface area contributed by atoms with E-state index in [9.17, 15) is 0 Å². The van der Waals surface area contributed by atoms with Gasteiger partial charge in [0, 0.05) is 0 Å². The summed E-state index contributed by atoms with van der Waals surface area (Å²) >= 11 is 0.720. The molecule has 0 radical (unpaired) electrons. The van der Waals surface area contributed by atoms with Crippen LogP contribution in [0.4, 0.5) is 0 Å². The van der Waals surface area contributed by atoms with E-state index in [0.29, 0.717) is 27.6 Å². The Morgan fingerprint density at radius 1 is 0.314 bits per heavy atom. The van der Waals surface area contributed by atoms with Gasteiger partial charge in [0.2, 0.25) is 0 Å². The zero-order valence-electron chi connectivity index (χ0n) is 67.3. The predicted octanol–water partition coefficient (Wildman–Crippen LogP) is 28.7. The van der Waals surface area contributed by atoms with Gasteiger partial charge in [0.05, 0.1) is 0 Å². The summed E-state index contributed by atoms with van der Waals surface area (Å²) in [7, 11) is 0. The molecule has 102 heavy (non-hydrogen) atoms. The van der Waals surface area contributed by atoms with E-state index in [4.69, 9.17) is 0 Å². The fraction of sp³-hybridized carbons (Fsp3) is 0.723. The van der Waals surface area contributed by atoms with Crippen molar-refractivity contribution >= 4 is 81.2 Å². The Morgan fingerprint density at radius 2 is 0.618 bits per heavy atom. The summed E-state index contributed by atoms with van der Waals surface area (Å²) < 4.78 is 15.8. The second kappa shape index (κ2) is 56.2. The van der Waals surface area contributed by atoms with E-state index >= 15 is 9.59 Å². The molecule has 0 saturated carbocycles. The van der Waals surface area contributed by atoms with E-state index < -0.39 is 0 Å². The quantitative estimate of drug-likeness (QED) is 0.0282. The summed E-state index contributed by atoms with van der Waals surface area (Å²) in [6.07, 6.45) is 79.8. The molecule has 6 rings (SSSR count). The first kappa shape index (κ1) is 88.8. The van der Waals surface area contributed by atoms with Crippen molar-refractivity contribution in [2.24, 2.45) is 11.8 Å². The normalized spacial score (nSPS) is 12.6. The summed E-state index contributed by atoms with van der Waals surface area (Å²) in [6, 6.07) is 18.8. The number of fused-ring (bicyclic) bond motifs is 1. The Bertz CT molecular complexity index is 3230. The van der Waals surface area contributed by atoms with E-state index in [2.05, 4.69) is 125 Å². The summed E-state index contributed by atoms with van der Waals surface area (Å²) in [4.78, 5) is 31.6. The van der Waals surface area contributed by atoms with Crippen LogP contribution in [0.15, 0.2) is 58.1 Å². The van der Waals surface area contributed by atoms with Gasteiger partial charge in [0.15, 0.2) is 0 Å². The zero-order chi connectivity index (χ0) is 72.5. The smallest absolute Gasteiger partial charge is 0.0654 e. The van der Waals surface area contributed by atoms with E-state index in [1.54, 1.807) is 20.0 Å². The molecule has 0 fully saturated rings. The van der Waals surface area contributed by atoms with E-state index in [-0.39, 0.29) is 54.6 Å². The molecular weight excluding hydrogens is 1500 g/mol. The molecular formula is C94H152N2O2Se4. The number of hydrogen-bond donors (Lipinski definition) is 0. The fourth-order valence-corrected chi connectivity index (χ4v) is 25.2. The molecule has 0 aliphatic rings. The molecule has 6 aromatic rings. The van der Waals surface area contributed by atoms with Gasteiger partial charge >= 0.3 is 450 Å². The first-order valence-corrected chi connectivity index (χ1v) is 50.9. The van der Waals surface area contributed by atoms with Gasteiger partial charge in [-0.3, -0.25) is 0 Å². The minimum atomic E-state index is -0.0185. The maximum absolute atomic E-state index is 16.0. The first-order chi connectivity index (χ1) is 50.1. The van der Waals surface area contributed by atoms with Crippen LogP contribution in [0.1, 0.15) is 417 Å². The average molecular weight is 1660 g/mol. The monoisotopic (exact) mass is 1660 g/mol. The van der Waals surface area contributed by atoms with Crippen molar-refractivity contribution in [1.29, 1.82) is 0 Å². The van der Waals surface area contributed by atoms with Gasteiger partial charge in [-0.25, -0.2) is 0 Å². The molecule has 6 aromatic heterocycles. The third-order valence-electron chi connectivity index (χ3n) is 22.7. The molecule has 2 atom stereocenters. The molecule has 0 aliphatic heterocycles. The van der Waals surface area contributed by atoms with Gasteiger partial charge in [0.1, 0.15) is 0 Å². The maximum atomic E-state index is 16.0. The van der Waals surface area contributed by atoms with Crippen LogP contribution < -0.4 is 11.1 Å². The van der Waals surface area contributed by atoms with Gasteiger partial charge in [-0.05, 0) is 0 Å². The topological polar surface area (TPSA) is 44.0 Å². The number of unbranched alkanes of at least 4 members (excludes halogenated alkanes) is 40. The summed E-state index contributed by atoms with van der Waals surface area (Å²) in [5.74, 6) is 1.53. The van der Waals surface area contributed by atoms with Crippen LogP contribution >= 0.6 is 0 Å². The molecule has 0 amide bonds. The van der Waals surface area contributed by atoms with Crippen molar-refractivity contribution in [3.63, 3.8) is 0 Å². The van der Waals surface area contributed by atoms with Gasteiger partial charge in [-0.15, -0.1) is 0 Å². The third-order valence-corrected chi connectivity index (χ3v) is 32.6. The average Bonchev–Trinajstić information content (AvgIpc) is 1.20. The van der Waals surface area contributed by atoms with Crippen molar-refractivity contribution in [3.8, 4) is 28.9 Å². The Labute approximate surface area is 651 Å². The predicted molar refractivity (Wildman–Crippen MR) is 459 cm³/mol. The van der Waals surface area contributed by atoms with Crippen LogP contribution in [-0.2, 0) is 25.9 Å². The van der Waals surface area contributed by atoms with Crippen molar-refractivity contribution in [2.45, 2.75) is 428 Å². The van der Waals surface area contributed by atoms with Crippen LogP contribution in [0.3, 0.4) is 0 Å². The number of pyridine rings is 2. The molecule has 0 bridgehead atoms. The molecule has 8 heteroatoms. The van der Waals surface area contributed by atoms with Crippen molar-refractivity contribution in [1.82, 2.24) is 9.13 Å². The molecule has 0 aromatic carbocycles. The molecule has 0 saturated heterocycles. The molecule has 0 aliphatic carbocycles. The zero-order valence-corrected chi connectivity index (χ0v) is 74.1. The Kier molecular flexibility index (Phi) is 48.9. The van der Waals surface area contributed by atoms with Crippen LogP contribution in [-0.4, -0.2) is 67.1 Å². The minimum Gasteiger partial charge on any atom is -0.0654 e. The molecule has 0 N–H and O–H groups in total. The standard InChI is InChI=1S/C94H152N2O2Se4/c1-9-15-21-27-31-35-37-41-45-49-59-79(57-47-43-39-33-29-23-17-11-3)61-53-55-71-95-88-76-86(90-69-70-91(102-90)92-82(64-52-26-20-14-6)74-84(101-92)67-66-83-73-81(78(8)100-83)63-51-25-19-13-5)94(98)96(87(88)75-85(93(95)97)89-68-65-77(7)99-89)72-56-54-62-80(58-48-44-40-34-30-24-18-12-4)60-50-46-42-38-36-32-28-22-16-10-2/h65-70,73-76,79-80H,9-64,71-72H2,1-8H3/b67-66+. The van der Waals surface area contributed by atoms with Crippen molar-refractivity contribution < 1.29 is 0 Å². The fourth-order valence-electron chi connectivity index (χ4n) is 16.2. The summed E-state index contributed by atoms with van der Waals surface area (Å²) in [5.41, 5.74) is 7.11. The number of nitrogens with zero attached hydrogens (tertiary/aromatic N) is 2. The van der Waals surface area contributed by atoms with E-state index in [1.807, 2.05) is 0 Å². The van der Waals surface area contributed by atoms with Crippen LogP contribution in [0.25, 0.3) is 52.1 Å². The number of rotatable bonds is 65. The van der Waals surface area contributed by atoms with E-state index in [1.165, 1.54) is 354 Å². The number of aromatic nitrogens is 2. The Balaban J connectivity index is 1.32. The summed E-state index contributed by atoms with van der Waals surface area (Å²) in [5, 5.41) is 0. The first-order valence-electron chi connectivity index (χ1n) is 44.0.